The number of ether oxygens (including phenoxy) is 3. The Bertz CT molecular complexity index is 560. The quantitative estimate of drug-likeness (QED) is 0.628. The molecule has 1 fully saturated rings. The van der Waals surface area contributed by atoms with E-state index < -0.39 is 17.7 Å². The molecule has 0 saturated carbocycles. The zero-order valence-corrected chi connectivity index (χ0v) is 16.9. The smallest absolute Gasteiger partial charge is 0.408 e. The van der Waals surface area contributed by atoms with Gasteiger partial charge in [-0.1, -0.05) is 0 Å². The first-order chi connectivity index (χ1) is 12.7. The Hall–Kier alpha value is -1.84. The van der Waals surface area contributed by atoms with Crippen LogP contribution in [0.25, 0.3) is 0 Å². The van der Waals surface area contributed by atoms with Gasteiger partial charge >= 0.3 is 6.09 Å². The minimum Gasteiger partial charge on any atom is -0.444 e. The van der Waals surface area contributed by atoms with Crippen LogP contribution in [-0.2, 0) is 19.0 Å². The number of hydrogen-bond acceptors (Lipinski definition) is 7. The van der Waals surface area contributed by atoms with Crippen molar-refractivity contribution >= 4 is 12.0 Å². The van der Waals surface area contributed by atoms with Crippen LogP contribution in [0.15, 0.2) is 11.9 Å². The van der Waals surface area contributed by atoms with Crippen molar-refractivity contribution in [1.82, 2.24) is 20.7 Å². The summed E-state index contributed by atoms with van der Waals surface area (Å²) in [5, 5.41) is 4.64. The van der Waals surface area contributed by atoms with Crippen LogP contribution < -0.4 is 10.7 Å². The Balaban J connectivity index is 1.90. The second-order valence-corrected chi connectivity index (χ2v) is 7.69. The van der Waals surface area contributed by atoms with E-state index in [1.165, 1.54) is 0 Å². The van der Waals surface area contributed by atoms with Gasteiger partial charge in [0.1, 0.15) is 17.5 Å². The van der Waals surface area contributed by atoms with Crippen LogP contribution in [0.5, 0.6) is 0 Å². The van der Waals surface area contributed by atoms with Gasteiger partial charge in [0.25, 0.3) is 5.91 Å². The number of methoxy groups -OCH3 is 1. The molecule has 2 atom stereocenters. The number of alkyl carbamates (subject to hydrolysis) is 1. The van der Waals surface area contributed by atoms with Gasteiger partial charge in [-0.25, -0.2) is 10.2 Å². The molecule has 9 heteroatoms. The number of nitrogens with zero attached hydrogens (tertiary/aromatic N) is 2. The number of carbonyl (C=O) groups is 2. The zero-order chi connectivity index (χ0) is 20.0. The molecule has 27 heavy (non-hydrogen) atoms. The molecule has 2 aliphatic heterocycles. The summed E-state index contributed by atoms with van der Waals surface area (Å²) in [5.41, 5.74) is 2.77. The molecule has 0 aromatic rings. The zero-order valence-electron chi connectivity index (χ0n) is 16.9. The fraction of sp³-hybridized carbons (Fsp3) is 0.778. The van der Waals surface area contributed by atoms with Crippen LogP contribution in [0.3, 0.4) is 0 Å². The third-order valence-electron chi connectivity index (χ3n) is 4.26. The van der Waals surface area contributed by atoms with Crippen LogP contribution in [-0.4, -0.2) is 80.1 Å². The molecule has 0 aromatic carbocycles. The molecule has 2 rings (SSSR count). The SMILES string of the molecule is COCCOCCC1C=C2N(CCC(NC(=O)OC(C)(C)C)C(=O)N2C)N1. The highest BCUT2D eigenvalue weighted by Gasteiger charge is 2.36. The molecule has 2 amide bonds. The Morgan fingerprint density at radius 3 is 2.74 bits per heavy atom. The molecule has 0 bridgehead atoms. The number of hydrogen-bond donors (Lipinski definition) is 2. The number of rotatable bonds is 7. The number of carbonyl (C=O) groups excluding carboxylic acids is 2. The summed E-state index contributed by atoms with van der Waals surface area (Å²) in [5.74, 6) is 0.642. The first-order valence-electron chi connectivity index (χ1n) is 9.30. The second-order valence-electron chi connectivity index (χ2n) is 7.69. The average molecular weight is 384 g/mol. The van der Waals surface area contributed by atoms with Gasteiger partial charge in [-0.2, -0.15) is 0 Å². The minimum absolute atomic E-state index is 0.105. The Labute approximate surface area is 160 Å². The normalized spacial score (nSPS) is 23.0. The van der Waals surface area contributed by atoms with Crippen LogP contribution >= 0.6 is 0 Å². The van der Waals surface area contributed by atoms with Gasteiger partial charge in [-0.15, -0.1) is 0 Å². The molecule has 2 heterocycles. The Morgan fingerprint density at radius 1 is 1.33 bits per heavy atom. The highest BCUT2D eigenvalue weighted by atomic mass is 16.6. The number of amides is 2. The maximum Gasteiger partial charge on any atom is 0.408 e. The van der Waals surface area contributed by atoms with E-state index in [4.69, 9.17) is 14.2 Å². The lowest BCUT2D eigenvalue weighted by molar-refractivity contribution is -0.130. The molecular weight excluding hydrogens is 352 g/mol. The van der Waals surface area contributed by atoms with E-state index in [9.17, 15) is 9.59 Å². The van der Waals surface area contributed by atoms with Gasteiger partial charge in [-0.05, 0) is 39.7 Å². The van der Waals surface area contributed by atoms with Gasteiger partial charge in [0.05, 0.1) is 19.3 Å². The van der Waals surface area contributed by atoms with Crippen molar-refractivity contribution in [1.29, 1.82) is 0 Å². The number of nitrogens with one attached hydrogen (secondary N) is 2. The highest BCUT2D eigenvalue weighted by Crippen LogP contribution is 2.22. The molecule has 154 valence electrons. The lowest BCUT2D eigenvalue weighted by Gasteiger charge is -2.25. The molecule has 0 aromatic heterocycles. The van der Waals surface area contributed by atoms with Gasteiger partial charge in [0.15, 0.2) is 0 Å². The van der Waals surface area contributed by atoms with Crippen LogP contribution in [0.4, 0.5) is 4.79 Å². The topological polar surface area (TPSA) is 92.4 Å². The van der Waals surface area contributed by atoms with E-state index >= 15 is 0 Å². The van der Waals surface area contributed by atoms with E-state index in [1.54, 1.807) is 39.8 Å². The van der Waals surface area contributed by atoms with Crippen molar-refractivity contribution in [2.75, 3.05) is 40.5 Å². The first kappa shape index (κ1) is 21.5. The highest BCUT2D eigenvalue weighted by molar-refractivity contribution is 5.87. The van der Waals surface area contributed by atoms with Gasteiger partial charge in [0.2, 0.25) is 0 Å². The Morgan fingerprint density at radius 2 is 2.07 bits per heavy atom. The largest absolute Gasteiger partial charge is 0.444 e. The summed E-state index contributed by atoms with van der Waals surface area (Å²) in [6.07, 6.45) is 2.73. The predicted octanol–water partition coefficient (Wildman–Crippen LogP) is 0.825. The maximum absolute atomic E-state index is 12.7. The first-order valence-corrected chi connectivity index (χ1v) is 9.30. The summed E-state index contributed by atoms with van der Waals surface area (Å²) in [4.78, 5) is 26.3. The molecule has 0 spiro atoms. The summed E-state index contributed by atoms with van der Waals surface area (Å²) in [7, 11) is 3.36. The van der Waals surface area contributed by atoms with Crippen LogP contribution in [0.1, 0.15) is 33.6 Å². The molecule has 0 radical (unpaired) electrons. The standard InChI is InChI=1S/C18H32N4O5/c1-18(2,3)27-17(24)19-14-6-8-22-15(21(4)16(14)23)12-13(20-22)7-9-26-11-10-25-5/h12-14,20H,6-11H2,1-5H3,(H,19,24). The van der Waals surface area contributed by atoms with E-state index in [-0.39, 0.29) is 11.9 Å². The van der Waals surface area contributed by atoms with Crippen LogP contribution in [0.2, 0.25) is 0 Å². The van der Waals surface area contributed by atoms with E-state index in [2.05, 4.69) is 10.7 Å². The van der Waals surface area contributed by atoms with E-state index in [0.29, 0.717) is 32.8 Å². The molecule has 1 saturated heterocycles. The number of likely N-dealkylation sites (N-methyl/N-ethyl adjacent to an activating group) is 1. The van der Waals surface area contributed by atoms with Crippen molar-refractivity contribution in [2.24, 2.45) is 0 Å². The van der Waals surface area contributed by atoms with Crippen LogP contribution in [0, 0.1) is 0 Å². The monoisotopic (exact) mass is 384 g/mol. The molecule has 2 aliphatic rings. The van der Waals surface area contributed by atoms with Crippen molar-refractivity contribution in [3.63, 3.8) is 0 Å². The van der Waals surface area contributed by atoms with Gasteiger partial charge in [0, 0.05) is 27.3 Å². The minimum atomic E-state index is -0.617. The third kappa shape index (κ3) is 6.37. The number of fused-ring (bicyclic) bond motifs is 1. The molecule has 2 unspecified atom stereocenters. The molecule has 9 nitrogen and oxygen atoms in total. The molecule has 2 N–H and O–H groups in total. The summed E-state index contributed by atoms with van der Waals surface area (Å²) >= 11 is 0. The fourth-order valence-electron chi connectivity index (χ4n) is 2.96. The fourth-order valence-corrected chi connectivity index (χ4v) is 2.96. The second kappa shape index (κ2) is 9.38. The maximum atomic E-state index is 12.7. The van der Waals surface area contributed by atoms with E-state index in [1.807, 2.05) is 11.1 Å². The number of hydrazine groups is 1. The van der Waals surface area contributed by atoms with Crippen molar-refractivity contribution < 1.29 is 23.8 Å². The van der Waals surface area contributed by atoms with E-state index in [0.717, 1.165) is 12.2 Å². The average Bonchev–Trinajstić information content (AvgIpc) is 2.94. The predicted molar refractivity (Wildman–Crippen MR) is 99.6 cm³/mol. The lowest BCUT2D eigenvalue weighted by atomic mass is 10.2. The van der Waals surface area contributed by atoms with Gasteiger partial charge < -0.3 is 19.5 Å². The van der Waals surface area contributed by atoms with Gasteiger partial charge in [-0.3, -0.25) is 14.7 Å². The van der Waals surface area contributed by atoms with Crippen molar-refractivity contribution in [2.45, 2.75) is 51.3 Å². The summed E-state index contributed by atoms with van der Waals surface area (Å²) in [6, 6.07) is -0.512. The summed E-state index contributed by atoms with van der Waals surface area (Å²) in [6.45, 7) is 7.73. The third-order valence-corrected chi connectivity index (χ3v) is 4.26. The van der Waals surface area contributed by atoms with Crippen molar-refractivity contribution in [3.8, 4) is 0 Å². The molecule has 0 aliphatic carbocycles. The van der Waals surface area contributed by atoms with Crippen molar-refractivity contribution in [3.05, 3.63) is 11.9 Å². The summed E-state index contributed by atoms with van der Waals surface area (Å²) < 4.78 is 15.7. The lowest BCUT2D eigenvalue weighted by Crippen LogP contribution is -2.47. The molecular formula is C18H32N4O5. The Kier molecular flexibility index (Phi) is 7.46.